The van der Waals surface area contributed by atoms with Gasteiger partial charge in [-0.3, -0.25) is 9.59 Å². The van der Waals surface area contributed by atoms with Gasteiger partial charge in [0.15, 0.2) is 0 Å². The van der Waals surface area contributed by atoms with E-state index in [9.17, 15) is 19.8 Å². The minimum atomic E-state index is -1.44. The molecule has 0 amide bonds. The lowest BCUT2D eigenvalue weighted by molar-refractivity contribution is -0.257. The second kappa shape index (κ2) is 7.78. The van der Waals surface area contributed by atoms with Gasteiger partial charge in [-0.1, -0.05) is 34.6 Å². The number of hydrogen-bond donors (Lipinski definition) is 2. The molecule has 11 atom stereocenters. The van der Waals surface area contributed by atoms with E-state index in [1.807, 2.05) is 0 Å². The van der Waals surface area contributed by atoms with Crippen LogP contribution in [0.5, 0.6) is 0 Å². The maximum absolute atomic E-state index is 13.5. The van der Waals surface area contributed by atoms with E-state index >= 15 is 0 Å². The van der Waals surface area contributed by atoms with Crippen molar-refractivity contribution in [2.45, 2.75) is 130 Å². The lowest BCUT2D eigenvalue weighted by atomic mass is 9.32. The number of fused-ring (bicyclic) bond motifs is 5. The van der Waals surface area contributed by atoms with Gasteiger partial charge in [-0.05, 0) is 105 Å². The second-order valence-electron chi connectivity index (χ2n) is 16.0. The number of aliphatic hydroxyl groups is 2. The standard InChI is InChI=1S/C32H50O6/c1-19(34)37-23-11-12-27(4)21(26(23,2)3)10-13-29(6)22(27)9-8-20-24-31(15-14-28(20,29)5)16-17-32(24,38-25(31)35)30(7,36)18-33/h20-24,33,36H,8-18H2,1-7H3/t20-,21+,22-,23-,24-,27+,28-,29+,30+,31-,32-/m0/s1. The highest BCUT2D eigenvalue weighted by Crippen LogP contribution is 2.80. The van der Waals surface area contributed by atoms with E-state index in [0.717, 1.165) is 57.8 Å². The minimum Gasteiger partial charge on any atom is -0.462 e. The van der Waals surface area contributed by atoms with Crippen molar-refractivity contribution >= 4 is 11.9 Å². The van der Waals surface area contributed by atoms with Gasteiger partial charge in [0.2, 0.25) is 0 Å². The summed E-state index contributed by atoms with van der Waals surface area (Å²) in [5.41, 5.74) is -2.68. The summed E-state index contributed by atoms with van der Waals surface area (Å²) in [4.78, 5) is 25.4. The zero-order valence-electron chi connectivity index (χ0n) is 24.7. The fourth-order valence-corrected chi connectivity index (χ4v) is 12.6. The van der Waals surface area contributed by atoms with Crippen LogP contribution in [0.4, 0.5) is 0 Å². The first-order chi connectivity index (χ1) is 17.6. The van der Waals surface area contributed by atoms with Gasteiger partial charge in [0.05, 0.1) is 12.0 Å². The summed E-state index contributed by atoms with van der Waals surface area (Å²) in [7, 11) is 0. The molecule has 0 aromatic heterocycles. The highest BCUT2D eigenvalue weighted by atomic mass is 16.6. The molecule has 1 heterocycles. The molecule has 0 unspecified atom stereocenters. The van der Waals surface area contributed by atoms with Crippen LogP contribution in [0.3, 0.4) is 0 Å². The SMILES string of the molecule is CC(=O)O[C@H]1CC[C@]2(C)[C@H](CC[C@]3(C)[C@H]2CC[C@H]2[C@H]4[C@]5(CC[C@@]23C)CC[C@]4([C@](C)(O)CO)OC5=O)C1(C)C. The van der Waals surface area contributed by atoms with Gasteiger partial charge >= 0.3 is 11.9 Å². The Labute approximate surface area is 228 Å². The number of aliphatic hydroxyl groups excluding tert-OH is 1. The highest BCUT2D eigenvalue weighted by molar-refractivity contribution is 5.82. The molecule has 1 saturated heterocycles. The molecule has 5 saturated carbocycles. The summed E-state index contributed by atoms with van der Waals surface area (Å²) in [6.07, 6.45) is 9.67. The van der Waals surface area contributed by atoms with Crippen LogP contribution in [-0.4, -0.2) is 46.1 Å². The predicted octanol–water partition coefficient (Wildman–Crippen LogP) is 5.42. The molecule has 6 rings (SSSR count). The molecule has 2 N–H and O–H groups in total. The Morgan fingerprint density at radius 2 is 1.63 bits per heavy atom. The maximum Gasteiger partial charge on any atom is 0.313 e. The molecule has 0 radical (unpaired) electrons. The number of carbonyl (C=O) groups is 2. The van der Waals surface area contributed by atoms with Crippen molar-refractivity contribution in [3.05, 3.63) is 0 Å². The third-order valence-corrected chi connectivity index (χ3v) is 14.6. The first-order valence-corrected chi connectivity index (χ1v) is 15.3. The molecular formula is C32H50O6. The summed E-state index contributed by atoms with van der Waals surface area (Å²) in [6, 6.07) is 0. The average molecular weight is 531 g/mol. The summed E-state index contributed by atoms with van der Waals surface area (Å²) < 4.78 is 12.1. The second-order valence-corrected chi connectivity index (χ2v) is 16.0. The maximum atomic E-state index is 13.5. The quantitative estimate of drug-likeness (QED) is 0.473. The third-order valence-electron chi connectivity index (χ3n) is 14.6. The van der Waals surface area contributed by atoms with Crippen LogP contribution in [0.2, 0.25) is 0 Å². The zero-order valence-corrected chi connectivity index (χ0v) is 24.7. The van der Waals surface area contributed by atoms with Gasteiger partial charge in [0.25, 0.3) is 0 Å². The Morgan fingerprint density at radius 1 is 0.947 bits per heavy atom. The van der Waals surface area contributed by atoms with E-state index in [-0.39, 0.29) is 51.5 Å². The van der Waals surface area contributed by atoms with Crippen molar-refractivity contribution < 1.29 is 29.3 Å². The number of hydrogen-bond acceptors (Lipinski definition) is 6. The molecule has 6 nitrogen and oxygen atoms in total. The first kappa shape index (κ1) is 27.1. The van der Waals surface area contributed by atoms with E-state index in [0.29, 0.717) is 18.3 Å². The van der Waals surface area contributed by atoms with Gasteiger partial charge in [-0.2, -0.15) is 0 Å². The number of esters is 2. The minimum absolute atomic E-state index is 0.0262. The molecule has 6 heteroatoms. The van der Waals surface area contributed by atoms with Crippen molar-refractivity contribution in [3.63, 3.8) is 0 Å². The summed E-state index contributed by atoms with van der Waals surface area (Å²) in [5, 5.41) is 21.8. The first-order valence-electron chi connectivity index (χ1n) is 15.3. The fraction of sp³-hybridized carbons (Fsp3) is 0.938. The van der Waals surface area contributed by atoms with Crippen LogP contribution in [0.15, 0.2) is 0 Å². The lowest BCUT2D eigenvalue weighted by Gasteiger charge is -2.72. The summed E-state index contributed by atoms with van der Waals surface area (Å²) >= 11 is 0. The molecule has 214 valence electrons. The van der Waals surface area contributed by atoms with Crippen LogP contribution in [0.25, 0.3) is 0 Å². The summed E-state index contributed by atoms with van der Waals surface area (Å²) in [5.74, 6) is 1.00. The van der Waals surface area contributed by atoms with Crippen molar-refractivity contribution in [2.75, 3.05) is 6.61 Å². The number of carbonyl (C=O) groups excluding carboxylic acids is 2. The topological polar surface area (TPSA) is 93.1 Å². The Balaban J connectivity index is 1.39. The smallest absolute Gasteiger partial charge is 0.313 e. The normalized spacial score (nSPS) is 54.0. The van der Waals surface area contributed by atoms with E-state index in [1.165, 1.54) is 6.92 Å². The van der Waals surface area contributed by atoms with Crippen molar-refractivity contribution in [3.8, 4) is 0 Å². The Bertz CT molecular complexity index is 1050. The molecule has 6 fully saturated rings. The molecule has 5 aliphatic carbocycles. The van der Waals surface area contributed by atoms with Gasteiger partial charge in [0, 0.05) is 18.3 Å². The van der Waals surface area contributed by atoms with Gasteiger partial charge < -0.3 is 19.7 Å². The molecule has 0 aromatic carbocycles. The molecule has 38 heavy (non-hydrogen) atoms. The van der Waals surface area contributed by atoms with Crippen LogP contribution < -0.4 is 0 Å². The van der Waals surface area contributed by atoms with Crippen molar-refractivity contribution in [1.82, 2.24) is 0 Å². The van der Waals surface area contributed by atoms with Gasteiger partial charge in [-0.15, -0.1) is 0 Å². The molecule has 6 aliphatic rings. The van der Waals surface area contributed by atoms with Gasteiger partial charge in [0.1, 0.15) is 17.3 Å². The zero-order chi connectivity index (χ0) is 27.7. The number of rotatable bonds is 3. The molecule has 2 bridgehead atoms. The van der Waals surface area contributed by atoms with Gasteiger partial charge in [-0.25, -0.2) is 0 Å². The highest BCUT2D eigenvalue weighted by Gasteiger charge is 2.81. The summed E-state index contributed by atoms with van der Waals surface area (Å²) in [6.45, 7) is 15.0. The Kier molecular flexibility index (Phi) is 5.54. The van der Waals surface area contributed by atoms with Crippen molar-refractivity contribution in [2.24, 2.45) is 50.7 Å². The van der Waals surface area contributed by atoms with Crippen molar-refractivity contribution in [1.29, 1.82) is 0 Å². The van der Waals surface area contributed by atoms with Crippen LogP contribution in [0.1, 0.15) is 113 Å². The molecule has 0 aromatic rings. The third kappa shape index (κ3) is 2.88. The van der Waals surface area contributed by atoms with E-state index < -0.39 is 23.2 Å². The Hall–Kier alpha value is -1.14. The van der Waals surface area contributed by atoms with Crippen LogP contribution in [0, 0.1) is 50.7 Å². The molecule has 0 spiro atoms. The molecule has 1 aliphatic heterocycles. The van der Waals surface area contributed by atoms with Crippen LogP contribution in [-0.2, 0) is 19.1 Å². The van der Waals surface area contributed by atoms with E-state index in [1.54, 1.807) is 6.92 Å². The number of ether oxygens (including phenoxy) is 2. The average Bonchev–Trinajstić information content (AvgIpc) is 3.31. The van der Waals surface area contributed by atoms with E-state index in [4.69, 9.17) is 9.47 Å². The molecular weight excluding hydrogens is 480 g/mol. The fourth-order valence-electron chi connectivity index (χ4n) is 12.6. The largest absolute Gasteiger partial charge is 0.462 e. The Morgan fingerprint density at radius 3 is 2.26 bits per heavy atom. The van der Waals surface area contributed by atoms with E-state index in [2.05, 4.69) is 34.6 Å². The van der Waals surface area contributed by atoms with Crippen LogP contribution >= 0.6 is 0 Å². The lowest BCUT2D eigenvalue weighted by Crippen LogP contribution is -2.68. The monoisotopic (exact) mass is 530 g/mol. The predicted molar refractivity (Wildman–Crippen MR) is 143 cm³/mol.